The van der Waals surface area contributed by atoms with Gasteiger partial charge in [-0.25, -0.2) is 13.2 Å². The van der Waals surface area contributed by atoms with Gasteiger partial charge in [-0.3, -0.25) is 0 Å². The van der Waals surface area contributed by atoms with Crippen molar-refractivity contribution in [2.24, 2.45) is 0 Å². The molecule has 0 N–H and O–H groups in total. The smallest absolute Gasteiger partial charge is 0.410 e. The number of carbonyl (C=O) groups excluding carboxylic acids is 1. The number of hydrogen-bond acceptors (Lipinski definition) is 4. The van der Waals surface area contributed by atoms with Crippen molar-refractivity contribution < 1.29 is 17.9 Å². The Morgan fingerprint density at radius 2 is 1.96 bits per heavy atom. The first-order valence-corrected chi connectivity index (χ1v) is 9.70. The molecule has 1 atom stereocenters. The number of likely N-dealkylation sites (tertiary alicyclic amines) is 1. The van der Waals surface area contributed by atoms with Gasteiger partial charge in [-0.05, 0) is 45.2 Å². The number of carbonyl (C=O) groups is 1. The number of fused-ring (bicyclic) bond motifs is 1. The molecule has 24 heavy (non-hydrogen) atoms. The van der Waals surface area contributed by atoms with Crippen molar-refractivity contribution in [2.75, 3.05) is 13.1 Å². The lowest BCUT2D eigenvalue weighted by molar-refractivity contribution is 0.0154. The van der Waals surface area contributed by atoms with Crippen LogP contribution in [-0.4, -0.2) is 48.4 Å². The van der Waals surface area contributed by atoms with Gasteiger partial charge in [0.2, 0.25) is 10.0 Å². The van der Waals surface area contributed by atoms with E-state index in [1.807, 2.05) is 32.9 Å². The van der Waals surface area contributed by atoms with Crippen LogP contribution in [0.4, 0.5) is 4.79 Å². The van der Waals surface area contributed by atoms with Crippen LogP contribution in [0.15, 0.2) is 29.2 Å². The zero-order valence-corrected chi connectivity index (χ0v) is 15.2. The first kappa shape index (κ1) is 17.2. The molecule has 1 amide bonds. The first-order chi connectivity index (χ1) is 11.2. The molecule has 0 aromatic heterocycles. The molecule has 0 spiro atoms. The highest BCUT2D eigenvalue weighted by atomic mass is 32.2. The molecule has 1 saturated heterocycles. The summed E-state index contributed by atoms with van der Waals surface area (Å²) < 4.78 is 32.5. The van der Waals surface area contributed by atoms with E-state index in [-0.39, 0.29) is 12.1 Å². The molecule has 1 fully saturated rings. The van der Waals surface area contributed by atoms with Gasteiger partial charge < -0.3 is 9.64 Å². The fourth-order valence-corrected chi connectivity index (χ4v) is 5.11. The quantitative estimate of drug-likeness (QED) is 0.779. The second-order valence-electron chi connectivity index (χ2n) is 7.38. The minimum absolute atomic E-state index is 0.205. The van der Waals surface area contributed by atoms with Crippen LogP contribution in [-0.2, 0) is 21.3 Å². The summed E-state index contributed by atoms with van der Waals surface area (Å²) in [7, 11) is -3.48. The van der Waals surface area contributed by atoms with Gasteiger partial charge in [-0.2, -0.15) is 4.31 Å². The van der Waals surface area contributed by atoms with Crippen LogP contribution in [0.2, 0.25) is 0 Å². The predicted molar refractivity (Wildman–Crippen MR) is 90.0 cm³/mol. The summed E-state index contributed by atoms with van der Waals surface area (Å²) in [5.41, 5.74) is 0.270. The molecule has 1 aromatic carbocycles. The second-order valence-corrected chi connectivity index (χ2v) is 9.24. The molecular formula is C17H24N2O4S. The molecule has 2 aliphatic heterocycles. The summed E-state index contributed by atoms with van der Waals surface area (Å²) in [6.07, 6.45) is 1.15. The van der Waals surface area contributed by atoms with Gasteiger partial charge in [-0.15, -0.1) is 0 Å². The number of rotatable bonds is 1. The van der Waals surface area contributed by atoms with Crippen molar-refractivity contribution in [3.63, 3.8) is 0 Å². The average molecular weight is 352 g/mol. The summed E-state index contributed by atoms with van der Waals surface area (Å²) in [5, 5.41) is 0. The normalized spacial score (nSPS) is 23.8. The SMILES string of the molecule is CC(C)(C)OC(=O)N1CCCC(N2Cc3ccccc3S2(=O)=O)C1. The number of piperidine rings is 1. The Hall–Kier alpha value is -1.60. The average Bonchev–Trinajstić information content (AvgIpc) is 2.78. The second kappa shape index (κ2) is 6.04. The third-order valence-corrected chi connectivity index (χ3v) is 6.34. The van der Waals surface area contributed by atoms with Crippen molar-refractivity contribution in [2.45, 2.75) is 56.7 Å². The zero-order chi connectivity index (χ0) is 17.5. The van der Waals surface area contributed by atoms with Crippen LogP contribution in [0.3, 0.4) is 0 Å². The van der Waals surface area contributed by atoms with Gasteiger partial charge in [-0.1, -0.05) is 18.2 Å². The van der Waals surface area contributed by atoms with Crippen molar-refractivity contribution in [1.29, 1.82) is 0 Å². The topological polar surface area (TPSA) is 66.9 Å². The highest BCUT2D eigenvalue weighted by Gasteiger charge is 2.41. The molecule has 1 aromatic rings. The number of hydrogen-bond donors (Lipinski definition) is 0. The Morgan fingerprint density at radius 1 is 1.25 bits per heavy atom. The molecule has 6 nitrogen and oxygen atoms in total. The lowest BCUT2D eigenvalue weighted by Crippen LogP contribution is -2.50. The van der Waals surface area contributed by atoms with Crippen molar-refractivity contribution in [3.05, 3.63) is 29.8 Å². The number of benzene rings is 1. The monoisotopic (exact) mass is 352 g/mol. The molecule has 2 aliphatic rings. The Kier molecular flexibility index (Phi) is 4.34. The number of sulfonamides is 1. The van der Waals surface area contributed by atoms with Gasteiger partial charge in [0.25, 0.3) is 0 Å². The molecule has 0 aliphatic carbocycles. The molecular weight excluding hydrogens is 328 g/mol. The maximum absolute atomic E-state index is 12.8. The molecule has 0 bridgehead atoms. The maximum Gasteiger partial charge on any atom is 0.410 e. The Bertz CT molecular complexity index is 739. The first-order valence-electron chi connectivity index (χ1n) is 8.26. The highest BCUT2D eigenvalue weighted by molar-refractivity contribution is 7.89. The van der Waals surface area contributed by atoms with Gasteiger partial charge in [0.05, 0.1) is 4.90 Å². The van der Waals surface area contributed by atoms with Crippen molar-refractivity contribution in [3.8, 4) is 0 Å². The van der Waals surface area contributed by atoms with E-state index in [1.54, 1.807) is 17.0 Å². The van der Waals surface area contributed by atoms with E-state index in [4.69, 9.17) is 4.74 Å². The molecule has 132 valence electrons. The summed E-state index contributed by atoms with van der Waals surface area (Å²) >= 11 is 0. The summed E-state index contributed by atoms with van der Waals surface area (Å²) in [4.78, 5) is 14.3. The summed E-state index contributed by atoms with van der Waals surface area (Å²) in [5.74, 6) is 0. The number of nitrogens with zero attached hydrogens (tertiary/aromatic N) is 2. The largest absolute Gasteiger partial charge is 0.444 e. The maximum atomic E-state index is 12.8. The van der Waals surface area contributed by atoms with Gasteiger partial charge in [0, 0.05) is 25.7 Å². The Balaban J connectivity index is 1.76. The fourth-order valence-electron chi connectivity index (χ4n) is 3.27. The van der Waals surface area contributed by atoms with Gasteiger partial charge >= 0.3 is 6.09 Å². The molecule has 0 saturated carbocycles. The molecule has 1 unspecified atom stereocenters. The molecule has 0 radical (unpaired) electrons. The molecule has 3 rings (SSSR count). The molecule has 2 heterocycles. The van der Waals surface area contributed by atoms with E-state index in [0.717, 1.165) is 18.4 Å². The van der Waals surface area contributed by atoms with Crippen LogP contribution in [0.25, 0.3) is 0 Å². The van der Waals surface area contributed by atoms with Crippen LogP contribution in [0, 0.1) is 0 Å². The third kappa shape index (κ3) is 3.28. The van der Waals surface area contributed by atoms with E-state index in [9.17, 15) is 13.2 Å². The Labute approximate surface area is 143 Å². The van der Waals surface area contributed by atoms with E-state index >= 15 is 0 Å². The van der Waals surface area contributed by atoms with Gasteiger partial charge in [0.15, 0.2) is 0 Å². The Morgan fingerprint density at radius 3 is 2.62 bits per heavy atom. The van der Waals surface area contributed by atoms with E-state index in [0.29, 0.717) is 24.5 Å². The fraction of sp³-hybridized carbons (Fsp3) is 0.588. The van der Waals surface area contributed by atoms with Crippen molar-refractivity contribution >= 4 is 16.1 Å². The minimum atomic E-state index is -3.48. The van der Waals surface area contributed by atoms with Crippen LogP contribution in [0.5, 0.6) is 0 Å². The van der Waals surface area contributed by atoms with Gasteiger partial charge in [0.1, 0.15) is 5.60 Å². The highest BCUT2D eigenvalue weighted by Crippen LogP contribution is 2.34. The van der Waals surface area contributed by atoms with Crippen molar-refractivity contribution in [1.82, 2.24) is 9.21 Å². The van der Waals surface area contributed by atoms with E-state index in [1.165, 1.54) is 4.31 Å². The predicted octanol–water partition coefficient (Wildman–Crippen LogP) is 2.59. The minimum Gasteiger partial charge on any atom is -0.444 e. The number of amides is 1. The molecule has 7 heteroatoms. The lowest BCUT2D eigenvalue weighted by atomic mass is 10.1. The third-order valence-electron chi connectivity index (χ3n) is 4.34. The van der Waals surface area contributed by atoms with Crippen LogP contribution in [0.1, 0.15) is 39.2 Å². The lowest BCUT2D eigenvalue weighted by Gasteiger charge is -2.37. The zero-order valence-electron chi connectivity index (χ0n) is 14.4. The standard InChI is InChI=1S/C17H24N2O4S/c1-17(2,3)23-16(20)18-10-6-8-14(12-18)19-11-13-7-4-5-9-15(13)24(19,21)22/h4-5,7,9,14H,6,8,10-12H2,1-3H3. The van der Waals surface area contributed by atoms with Crippen LogP contribution < -0.4 is 0 Å². The summed E-state index contributed by atoms with van der Waals surface area (Å²) in [6.45, 7) is 6.84. The summed E-state index contributed by atoms with van der Waals surface area (Å²) in [6, 6.07) is 6.89. The number of ether oxygens (including phenoxy) is 1. The van der Waals surface area contributed by atoms with E-state index in [2.05, 4.69) is 0 Å². The van der Waals surface area contributed by atoms with Crippen LogP contribution >= 0.6 is 0 Å². The van der Waals surface area contributed by atoms with E-state index < -0.39 is 15.6 Å².